The Morgan fingerprint density at radius 3 is 2.44 bits per heavy atom. The van der Waals surface area contributed by atoms with Crippen LogP contribution in [0, 0.1) is 16.7 Å². The molecule has 3 unspecified atom stereocenters. The second-order valence-electron chi connectivity index (χ2n) is 5.56. The molecule has 0 aromatic heterocycles. The summed E-state index contributed by atoms with van der Waals surface area (Å²) in [6.45, 7) is 6.16. The molecule has 2 rings (SSSR count). The van der Waals surface area contributed by atoms with Crippen molar-refractivity contribution in [2.45, 2.75) is 39.7 Å². The van der Waals surface area contributed by atoms with Crippen LogP contribution in [0.4, 0.5) is 4.79 Å². The fourth-order valence-corrected chi connectivity index (χ4v) is 3.29. The molecule has 0 heterocycles. The van der Waals surface area contributed by atoms with Gasteiger partial charge in [-0.15, -0.1) is 0 Å². The van der Waals surface area contributed by atoms with Crippen molar-refractivity contribution >= 4 is 11.9 Å². The quantitative estimate of drug-likeness (QED) is 0.643. The lowest BCUT2D eigenvalue weighted by Crippen LogP contribution is -2.37. The number of Topliss-reactive ketones (excluding diaryl/α,β-unsaturated/α-hetero) is 1. The topological polar surface area (TPSA) is 52.6 Å². The summed E-state index contributed by atoms with van der Waals surface area (Å²) in [5, 5.41) is 0. The highest BCUT2D eigenvalue weighted by Gasteiger charge is 2.67. The third-order valence-electron chi connectivity index (χ3n) is 4.86. The van der Waals surface area contributed by atoms with E-state index >= 15 is 0 Å². The Morgan fingerprint density at radius 1 is 1.38 bits per heavy atom. The van der Waals surface area contributed by atoms with Crippen LogP contribution in [0.2, 0.25) is 0 Å². The van der Waals surface area contributed by atoms with Gasteiger partial charge in [-0.05, 0) is 18.3 Å². The second-order valence-corrected chi connectivity index (χ2v) is 5.56. The normalized spacial score (nSPS) is 39.9. The number of fused-ring (bicyclic) bond motifs is 2. The minimum absolute atomic E-state index is 0.0548. The first-order valence-electron chi connectivity index (χ1n) is 5.63. The molecule has 0 aromatic rings. The van der Waals surface area contributed by atoms with Gasteiger partial charge in [-0.2, -0.15) is 0 Å². The van der Waals surface area contributed by atoms with Crippen LogP contribution in [0.3, 0.4) is 0 Å². The molecule has 4 heteroatoms. The first kappa shape index (κ1) is 11.4. The molecular weight excluding hydrogens is 208 g/mol. The summed E-state index contributed by atoms with van der Waals surface area (Å²) in [7, 11) is 1.26. The summed E-state index contributed by atoms with van der Waals surface area (Å²) in [5.41, 5.74) is -0.445. The minimum Gasteiger partial charge on any atom is -0.438 e. The zero-order valence-corrected chi connectivity index (χ0v) is 10.2. The van der Waals surface area contributed by atoms with Crippen LogP contribution in [0.5, 0.6) is 0 Å². The molecule has 0 radical (unpaired) electrons. The summed E-state index contributed by atoms with van der Waals surface area (Å²) >= 11 is 0. The molecule has 0 saturated heterocycles. The number of methoxy groups -OCH3 is 1. The first-order valence-corrected chi connectivity index (χ1v) is 5.63. The number of hydrogen-bond acceptors (Lipinski definition) is 4. The Morgan fingerprint density at radius 2 is 2.00 bits per heavy atom. The zero-order chi connectivity index (χ0) is 12.1. The molecule has 2 bridgehead atoms. The van der Waals surface area contributed by atoms with Crippen LogP contribution in [-0.2, 0) is 14.3 Å². The third-order valence-corrected chi connectivity index (χ3v) is 4.86. The van der Waals surface area contributed by atoms with E-state index in [4.69, 9.17) is 4.74 Å². The molecular formula is C12H18O4. The molecule has 90 valence electrons. The number of ether oxygens (including phenoxy) is 2. The molecule has 0 aliphatic heterocycles. The van der Waals surface area contributed by atoms with E-state index in [1.54, 1.807) is 0 Å². The first-order chi connectivity index (χ1) is 7.34. The van der Waals surface area contributed by atoms with Crippen molar-refractivity contribution in [1.29, 1.82) is 0 Å². The fraction of sp³-hybridized carbons (Fsp3) is 0.833. The standard InChI is InChI=1S/C12H18O4/c1-11(2)7-5-6-12(11,3)9(13)8(7)16-10(14)15-4/h7-8H,5-6H2,1-4H3. The van der Waals surface area contributed by atoms with Crippen LogP contribution >= 0.6 is 0 Å². The number of rotatable bonds is 1. The molecule has 0 spiro atoms. The predicted molar refractivity (Wildman–Crippen MR) is 56.9 cm³/mol. The highest BCUT2D eigenvalue weighted by Crippen LogP contribution is 2.64. The Labute approximate surface area is 95.3 Å². The molecule has 2 aliphatic rings. The van der Waals surface area contributed by atoms with E-state index in [-0.39, 0.29) is 22.5 Å². The maximum Gasteiger partial charge on any atom is 0.508 e. The van der Waals surface area contributed by atoms with Gasteiger partial charge in [0.05, 0.1) is 7.11 Å². The van der Waals surface area contributed by atoms with Crippen molar-refractivity contribution in [2.24, 2.45) is 16.7 Å². The largest absolute Gasteiger partial charge is 0.508 e. The Bertz CT molecular complexity index is 347. The van der Waals surface area contributed by atoms with Crippen molar-refractivity contribution in [3.63, 3.8) is 0 Å². The SMILES string of the molecule is COC(=O)OC1C(=O)C2(C)CCC1C2(C)C. The molecule has 0 N–H and O–H groups in total. The molecule has 2 saturated carbocycles. The fourth-order valence-electron chi connectivity index (χ4n) is 3.29. The van der Waals surface area contributed by atoms with Crippen LogP contribution < -0.4 is 0 Å². The van der Waals surface area contributed by atoms with Gasteiger partial charge in [-0.1, -0.05) is 20.8 Å². The van der Waals surface area contributed by atoms with Crippen LogP contribution in [0.15, 0.2) is 0 Å². The number of carbonyl (C=O) groups excluding carboxylic acids is 2. The summed E-state index contributed by atoms with van der Waals surface area (Å²) in [6, 6.07) is 0. The molecule has 3 atom stereocenters. The van der Waals surface area contributed by atoms with Crippen LogP contribution in [-0.4, -0.2) is 25.2 Å². The van der Waals surface area contributed by atoms with E-state index < -0.39 is 12.3 Å². The van der Waals surface area contributed by atoms with Gasteiger partial charge in [-0.3, -0.25) is 4.79 Å². The summed E-state index contributed by atoms with van der Waals surface area (Å²) < 4.78 is 9.55. The molecule has 2 fully saturated rings. The van der Waals surface area contributed by atoms with E-state index in [1.165, 1.54) is 7.11 Å². The van der Waals surface area contributed by atoms with E-state index in [0.29, 0.717) is 0 Å². The van der Waals surface area contributed by atoms with Gasteiger partial charge in [0.2, 0.25) is 0 Å². The van der Waals surface area contributed by atoms with Gasteiger partial charge in [0, 0.05) is 11.3 Å². The Balaban J connectivity index is 2.26. The Hall–Kier alpha value is -1.06. The number of carbonyl (C=O) groups is 2. The third kappa shape index (κ3) is 1.16. The summed E-state index contributed by atoms with van der Waals surface area (Å²) in [6.07, 6.45) is 0.466. The highest BCUT2D eigenvalue weighted by atomic mass is 16.7. The molecule has 2 aliphatic carbocycles. The monoisotopic (exact) mass is 226 g/mol. The van der Waals surface area contributed by atoms with Gasteiger partial charge in [0.25, 0.3) is 0 Å². The lowest BCUT2D eigenvalue weighted by Gasteiger charge is -2.31. The zero-order valence-electron chi connectivity index (χ0n) is 10.2. The van der Waals surface area contributed by atoms with Crippen LogP contribution in [0.25, 0.3) is 0 Å². The van der Waals surface area contributed by atoms with Gasteiger partial charge in [0.15, 0.2) is 11.9 Å². The minimum atomic E-state index is -0.759. The molecule has 0 amide bonds. The average molecular weight is 226 g/mol. The number of hydrogen-bond donors (Lipinski definition) is 0. The molecule has 4 nitrogen and oxygen atoms in total. The van der Waals surface area contributed by atoms with Crippen LogP contribution in [0.1, 0.15) is 33.6 Å². The molecule has 16 heavy (non-hydrogen) atoms. The van der Waals surface area contributed by atoms with Gasteiger partial charge >= 0.3 is 6.16 Å². The smallest absolute Gasteiger partial charge is 0.438 e. The molecule has 0 aromatic carbocycles. The van der Waals surface area contributed by atoms with Crippen molar-refractivity contribution in [2.75, 3.05) is 7.11 Å². The van der Waals surface area contributed by atoms with Gasteiger partial charge in [-0.25, -0.2) is 4.79 Å². The van der Waals surface area contributed by atoms with Crippen molar-refractivity contribution in [3.05, 3.63) is 0 Å². The lowest BCUT2D eigenvalue weighted by atomic mass is 9.70. The van der Waals surface area contributed by atoms with Gasteiger partial charge < -0.3 is 9.47 Å². The van der Waals surface area contributed by atoms with Gasteiger partial charge in [0.1, 0.15) is 0 Å². The summed E-state index contributed by atoms with van der Waals surface area (Å²) in [5.74, 6) is 0.184. The van der Waals surface area contributed by atoms with Crippen molar-refractivity contribution < 1.29 is 19.1 Å². The van der Waals surface area contributed by atoms with E-state index in [9.17, 15) is 9.59 Å². The second kappa shape index (κ2) is 3.22. The van der Waals surface area contributed by atoms with Crippen molar-refractivity contribution in [3.8, 4) is 0 Å². The summed E-state index contributed by atoms with van der Waals surface area (Å²) in [4.78, 5) is 23.3. The Kier molecular flexibility index (Phi) is 2.30. The van der Waals surface area contributed by atoms with E-state index in [0.717, 1.165) is 12.8 Å². The van der Waals surface area contributed by atoms with E-state index in [2.05, 4.69) is 18.6 Å². The van der Waals surface area contributed by atoms with E-state index in [1.807, 2.05) is 6.92 Å². The maximum atomic E-state index is 12.2. The highest BCUT2D eigenvalue weighted by molar-refractivity contribution is 5.94. The number of ketones is 1. The predicted octanol–water partition coefficient (Wildman–Crippen LogP) is 2.16. The maximum absolute atomic E-state index is 12.2. The average Bonchev–Trinajstić information content (AvgIpc) is 2.53. The van der Waals surface area contributed by atoms with Crippen molar-refractivity contribution in [1.82, 2.24) is 0 Å². The lowest BCUT2D eigenvalue weighted by molar-refractivity contribution is -0.136.